The molecule has 0 saturated heterocycles. The molecule has 0 unspecified atom stereocenters. The van der Waals surface area contributed by atoms with Gasteiger partial charge in [-0.2, -0.15) is 13.2 Å². The molecule has 1 aromatic heterocycles. The van der Waals surface area contributed by atoms with Crippen LogP contribution >= 0.6 is 11.6 Å². The number of halogens is 4. The van der Waals surface area contributed by atoms with Crippen LogP contribution in [0.25, 0.3) is 0 Å². The third-order valence-corrected chi connectivity index (χ3v) is 6.74. The second-order valence-corrected chi connectivity index (χ2v) is 9.18. The van der Waals surface area contributed by atoms with Gasteiger partial charge in [0.2, 0.25) is 0 Å². The number of ether oxygens (including phenoxy) is 2. The molecule has 0 radical (unpaired) electrons. The van der Waals surface area contributed by atoms with Crippen LogP contribution in [0.1, 0.15) is 21.5 Å². The van der Waals surface area contributed by atoms with Crippen molar-refractivity contribution in [1.29, 1.82) is 0 Å². The molecule has 3 aromatic rings. The molecule has 0 aliphatic carbocycles. The Bertz CT molecular complexity index is 1300. The van der Waals surface area contributed by atoms with Gasteiger partial charge < -0.3 is 9.47 Å². The lowest BCUT2D eigenvalue weighted by atomic mass is 10.2. The molecule has 34 heavy (non-hydrogen) atoms. The molecule has 0 saturated carbocycles. The van der Waals surface area contributed by atoms with Crippen LogP contribution in [-0.4, -0.2) is 33.6 Å². The van der Waals surface area contributed by atoms with E-state index in [0.717, 1.165) is 4.31 Å². The number of benzene rings is 2. The SMILES string of the molecule is COC(=O)c1ccc(S(=O)(=O)N(Cc2cccc(OC)c2)c2ncc(C(F)(F)F)cc2Cl)cc1. The van der Waals surface area contributed by atoms with Crippen LogP contribution in [0.5, 0.6) is 5.75 Å². The molecule has 0 spiro atoms. The van der Waals surface area contributed by atoms with E-state index in [2.05, 4.69) is 9.72 Å². The fourth-order valence-corrected chi connectivity index (χ4v) is 4.73. The van der Waals surface area contributed by atoms with E-state index >= 15 is 0 Å². The van der Waals surface area contributed by atoms with E-state index in [1.54, 1.807) is 24.3 Å². The molecule has 0 bridgehead atoms. The lowest BCUT2D eigenvalue weighted by Gasteiger charge is -2.25. The number of carbonyl (C=O) groups excluding carboxylic acids is 1. The smallest absolute Gasteiger partial charge is 0.417 e. The molecule has 0 fully saturated rings. The number of carbonyl (C=O) groups is 1. The summed E-state index contributed by atoms with van der Waals surface area (Å²) < 4.78 is 76.9. The number of rotatable bonds is 7. The summed E-state index contributed by atoms with van der Waals surface area (Å²) in [6.45, 7) is -0.309. The van der Waals surface area contributed by atoms with Gasteiger partial charge in [0.1, 0.15) is 5.75 Å². The Balaban J connectivity index is 2.12. The number of nitrogens with zero attached hydrogens (tertiary/aromatic N) is 2. The summed E-state index contributed by atoms with van der Waals surface area (Å²) in [5, 5.41) is -0.507. The fourth-order valence-electron chi connectivity index (χ4n) is 2.99. The van der Waals surface area contributed by atoms with Crippen molar-refractivity contribution >= 4 is 33.4 Å². The first-order valence-corrected chi connectivity index (χ1v) is 11.4. The normalized spacial score (nSPS) is 11.7. The fraction of sp³-hybridized carbons (Fsp3) is 0.182. The molecule has 0 N–H and O–H groups in total. The van der Waals surface area contributed by atoms with Crippen LogP contribution in [0.2, 0.25) is 5.02 Å². The highest BCUT2D eigenvalue weighted by Gasteiger charge is 2.34. The van der Waals surface area contributed by atoms with Crippen molar-refractivity contribution in [3.8, 4) is 5.75 Å². The molecule has 0 amide bonds. The minimum Gasteiger partial charge on any atom is -0.497 e. The molecule has 0 aliphatic heterocycles. The number of anilines is 1. The van der Waals surface area contributed by atoms with Gasteiger partial charge in [-0.05, 0) is 48.0 Å². The van der Waals surface area contributed by atoms with Crippen molar-refractivity contribution in [3.63, 3.8) is 0 Å². The Kier molecular flexibility index (Phi) is 7.37. The van der Waals surface area contributed by atoms with Gasteiger partial charge in [0.15, 0.2) is 5.82 Å². The molecule has 180 valence electrons. The predicted molar refractivity (Wildman–Crippen MR) is 118 cm³/mol. The van der Waals surface area contributed by atoms with Gasteiger partial charge in [0.25, 0.3) is 10.0 Å². The van der Waals surface area contributed by atoms with Crippen LogP contribution < -0.4 is 9.04 Å². The summed E-state index contributed by atoms with van der Waals surface area (Å²) >= 11 is 6.08. The Morgan fingerprint density at radius 3 is 2.32 bits per heavy atom. The van der Waals surface area contributed by atoms with Crippen molar-refractivity contribution in [2.45, 2.75) is 17.6 Å². The maximum absolute atomic E-state index is 13.5. The summed E-state index contributed by atoms with van der Waals surface area (Å²) in [5.74, 6) is -0.608. The monoisotopic (exact) mass is 514 g/mol. The van der Waals surface area contributed by atoms with Gasteiger partial charge >= 0.3 is 12.1 Å². The minimum absolute atomic E-state index is 0.117. The number of alkyl halides is 3. The van der Waals surface area contributed by atoms with E-state index in [4.69, 9.17) is 16.3 Å². The third kappa shape index (κ3) is 5.42. The Morgan fingerprint density at radius 1 is 1.09 bits per heavy atom. The highest BCUT2D eigenvalue weighted by atomic mass is 35.5. The molecule has 1 heterocycles. The number of aromatic nitrogens is 1. The molecule has 0 aliphatic rings. The van der Waals surface area contributed by atoms with Crippen LogP contribution in [0, 0.1) is 0 Å². The van der Waals surface area contributed by atoms with Gasteiger partial charge in [-0.25, -0.2) is 22.5 Å². The first-order valence-electron chi connectivity index (χ1n) is 9.54. The predicted octanol–water partition coefficient (Wildman–Crippen LogP) is 4.94. The summed E-state index contributed by atoms with van der Waals surface area (Å²) in [7, 11) is -1.76. The van der Waals surface area contributed by atoms with E-state index in [1.165, 1.54) is 38.5 Å². The summed E-state index contributed by atoms with van der Waals surface area (Å²) in [4.78, 5) is 15.2. The number of sulfonamides is 1. The van der Waals surface area contributed by atoms with Gasteiger partial charge in [0.05, 0.1) is 41.8 Å². The van der Waals surface area contributed by atoms with E-state index in [-0.39, 0.29) is 17.0 Å². The zero-order chi connectivity index (χ0) is 25.1. The first-order chi connectivity index (χ1) is 16.0. The number of hydrogen-bond donors (Lipinski definition) is 0. The van der Waals surface area contributed by atoms with Crippen LogP contribution in [-0.2, 0) is 27.5 Å². The lowest BCUT2D eigenvalue weighted by molar-refractivity contribution is -0.137. The average molecular weight is 515 g/mol. The maximum Gasteiger partial charge on any atom is 0.417 e. The molecule has 7 nitrogen and oxygen atoms in total. The molecule has 2 aromatic carbocycles. The van der Waals surface area contributed by atoms with E-state index < -0.39 is 38.6 Å². The highest BCUT2D eigenvalue weighted by molar-refractivity contribution is 7.92. The van der Waals surface area contributed by atoms with Gasteiger partial charge in [-0.3, -0.25) is 0 Å². The van der Waals surface area contributed by atoms with Crippen LogP contribution in [0.15, 0.2) is 65.7 Å². The van der Waals surface area contributed by atoms with Crippen molar-refractivity contribution < 1.29 is 35.9 Å². The van der Waals surface area contributed by atoms with Crippen LogP contribution in [0.4, 0.5) is 19.0 Å². The van der Waals surface area contributed by atoms with E-state index in [9.17, 15) is 26.4 Å². The van der Waals surface area contributed by atoms with Crippen molar-refractivity contribution in [3.05, 3.63) is 82.5 Å². The number of pyridine rings is 1. The summed E-state index contributed by atoms with van der Waals surface area (Å²) in [5.41, 5.74) is -0.541. The molecule has 0 atom stereocenters. The Morgan fingerprint density at radius 2 is 1.76 bits per heavy atom. The van der Waals surface area contributed by atoms with Crippen molar-refractivity contribution in [2.24, 2.45) is 0 Å². The molecule has 3 rings (SSSR count). The number of esters is 1. The summed E-state index contributed by atoms with van der Waals surface area (Å²) in [6.07, 6.45) is -4.20. The average Bonchev–Trinajstić information content (AvgIpc) is 2.81. The van der Waals surface area contributed by atoms with Crippen LogP contribution in [0.3, 0.4) is 0 Å². The molecular weight excluding hydrogens is 497 g/mol. The quantitative estimate of drug-likeness (QED) is 0.415. The van der Waals surface area contributed by atoms with Gasteiger partial charge in [-0.1, -0.05) is 23.7 Å². The largest absolute Gasteiger partial charge is 0.497 e. The maximum atomic E-state index is 13.5. The van der Waals surface area contributed by atoms with Gasteiger partial charge in [-0.15, -0.1) is 0 Å². The second kappa shape index (κ2) is 9.90. The van der Waals surface area contributed by atoms with Crippen molar-refractivity contribution in [2.75, 3.05) is 18.5 Å². The first kappa shape index (κ1) is 25.3. The van der Waals surface area contributed by atoms with Crippen molar-refractivity contribution in [1.82, 2.24) is 4.98 Å². The molecule has 12 heteroatoms. The standard InChI is InChI=1S/C22H18ClF3N2O5S/c1-32-17-5-3-4-14(10-17)13-28(20-19(23)11-16(12-27-20)22(24,25)26)34(30,31)18-8-6-15(7-9-18)21(29)33-2/h3-12H,13H2,1-2H3. The Hall–Kier alpha value is -3.31. The second-order valence-electron chi connectivity index (χ2n) is 6.91. The summed E-state index contributed by atoms with van der Waals surface area (Å²) in [6, 6.07) is 11.9. The topological polar surface area (TPSA) is 85.8 Å². The number of methoxy groups -OCH3 is 2. The Labute approximate surface area is 198 Å². The zero-order valence-electron chi connectivity index (χ0n) is 17.8. The van der Waals surface area contributed by atoms with Gasteiger partial charge in [0, 0.05) is 6.20 Å². The lowest BCUT2D eigenvalue weighted by Crippen LogP contribution is -2.32. The van der Waals surface area contributed by atoms with E-state index in [1.807, 2.05) is 0 Å². The van der Waals surface area contributed by atoms with E-state index in [0.29, 0.717) is 23.6 Å². The zero-order valence-corrected chi connectivity index (χ0v) is 19.4. The number of hydrogen-bond acceptors (Lipinski definition) is 6. The minimum atomic E-state index is -4.71. The third-order valence-electron chi connectivity index (χ3n) is 4.71. The molecular formula is C22H18ClF3N2O5S. The highest BCUT2D eigenvalue weighted by Crippen LogP contribution is 2.36.